The Bertz CT molecular complexity index is 535. The molecule has 122 valence electrons. The maximum absolute atomic E-state index is 12.1. The topological polar surface area (TPSA) is 75.6 Å². The Labute approximate surface area is 139 Å². The van der Waals surface area contributed by atoms with Crippen molar-refractivity contribution in [3.63, 3.8) is 0 Å². The summed E-state index contributed by atoms with van der Waals surface area (Å²) in [5, 5.41) is 11.9. The Kier molecular flexibility index (Phi) is 8.06. The molecule has 0 aliphatic rings. The van der Waals surface area contributed by atoms with Crippen LogP contribution in [0.1, 0.15) is 42.5 Å². The van der Waals surface area contributed by atoms with Gasteiger partial charge in [0.25, 0.3) is 5.91 Å². The van der Waals surface area contributed by atoms with Crippen molar-refractivity contribution in [3.05, 3.63) is 27.7 Å². The van der Waals surface area contributed by atoms with Crippen LogP contribution in [-0.2, 0) is 4.79 Å². The summed E-state index contributed by atoms with van der Waals surface area (Å²) >= 11 is 11.8. The molecule has 0 bridgehead atoms. The number of unbranched alkanes of at least 4 members (excludes halogenated alkanes) is 3. The Morgan fingerprint density at radius 3 is 2.41 bits per heavy atom. The van der Waals surface area contributed by atoms with Crippen LogP contribution in [0.5, 0.6) is 5.75 Å². The lowest BCUT2D eigenvalue weighted by molar-refractivity contribution is -0.137. The van der Waals surface area contributed by atoms with Gasteiger partial charge in [-0.3, -0.25) is 9.59 Å². The minimum absolute atomic E-state index is 0.187. The Morgan fingerprint density at radius 1 is 1.14 bits per heavy atom. The van der Waals surface area contributed by atoms with E-state index in [1.54, 1.807) is 0 Å². The number of amides is 1. The Hall–Kier alpha value is -1.46. The first kappa shape index (κ1) is 18.6. The number of aliphatic carboxylic acids is 1. The molecule has 0 saturated heterocycles. The van der Waals surface area contributed by atoms with E-state index in [0.717, 1.165) is 19.3 Å². The van der Waals surface area contributed by atoms with Crippen LogP contribution in [-0.4, -0.2) is 30.6 Å². The van der Waals surface area contributed by atoms with Crippen molar-refractivity contribution >= 4 is 35.1 Å². The first-order chi connectivity index (χ1) is 10.5. The fourth-order valence-electron chi connectivity index (χ4n) is 1.93. The van der Waals surface area contributed by atoms with Crippen molar-refractivity contribution < 1.29 is 19.4 Å². The van der Waals surface area contributed by atoms with Crippen molar-refractivity contribution in [1.82, 2.24) is 5.32 Å². The number of carbonyl (C=O) groups is 2. The molecule has 0 spiro atoms. The molecule has 0 unspecified atom stereocenters. The van der Waals surface area contributed by atoms with Crippen LogP contribution in [0.3, 0.4) is 0 Å². The van der Waals surface area contributed by atoms with Gasteiger partial charge in [-0.25, -0.2) is 0 Å². The number of benzene rings is 1. The second-order valence-electron chi connectivity index (χ2n) is 4.78. The highest BCUT2D eigenvalue weighted by Gasteiger charge is 2.14. The third-order valence-corrected chi connectivity index (χ3v) is 3.81. The van der Waals surface area contributed by atoms with E-state index in [0.29, 0.717) is 34.3 Å². The number of carboxylic acids is 1. The molecule has 0 aromatic heterocycles. The van der Waals surface area contributed by atoms with Crippen molar-refractivity contribution in [3.8, 4) is 5.75 Å². The molecule has 22 heavy (non-hydrogen) atoms. The normalized spacial score (nSPS) is 10.3. The van der Waals surface area contributed by atoms with Crippen LogP contribution in [0.4, 0.5) is 0 Å². The average molecular weight is 348 g/mol. The van der Waals surface area contributed by atoms with E-state index >= 15 is 0 Å². The van der Waals surface area contributed by atoms with Gasteiger partial charge in [-0.05, 0) is 18.9 Å². The van der Waals surface area contributed by atoms with E-state index < -0.39 is 5.97 Å². The lowest BCUT2D eigenvalue weighted by Crippen LogP contribution is -2.25. The number of methoxy groups -OCH3 is 1. The van der Waals surface area contributed by atoms with Gasteiger partial charge in [0.1, 0.15) is 5.75 Å². The van der Waals surface area contributed by atoms with E-state index in [4.69, 9.17) is 33.0 Å². The fourth-order valence-corrected chi connectivity index (χ4v) is 2.24. The number of carbonyl (C=O) groups excluding carboxylic acids is 1. The standard InChI is InChI=1S/C15H19Cl2NO4/c1-22-13-9-12(17)11(16)8-10(13)15(21)18-7-5-3-2-4-6-14(19)20/h8-9H,2-7H2,1H3,(H,18,21)(H,19,20). The molecule has 1 rings (SSSR count). The van der Waals surface area contributed by atoms with Crippen LogP contribution in [0, 0.1) is 0 Å². The first-order valence-electron chi connectivity index (χ1n) is 6.98. The van der Waals surface area contributed by atoms with E-state index in [2.05, 4.69) is 5.32 Å². The molecule has 2 N–H and O–H groups in total. The molecule has 0 radical (unpaired) electrons. The van der Waals surface area contributed by atoms with Gasteiger partial charge in [0.05, 0.1) is 22.7 Å². The molecule has 0 heterocycles. The second-order valence-corrected chi connectivity index (χ2v) is 5.59. The summed E-state index contributed by atoms with van der Waals surface area (Å²) in [5.41, 5.74) is 0.336. The van der Waals surface area contributed by atoms with Crippen LogP contribution in [0.2, 0.25) is 10.0 Å². The molecule has 0 aliphatic heterocycles. The molecular formula is C15H19Cl2NO4. The zero-order valence-electron chi connectivity index (χ0n) is 12.3. The molecular weight excluding hydrogens is 329 g/mol. The predicted octanol–water partition coefficient (Wildman–Crippen LogP) is 3.77. The van der Waals surface area contributed by atoms with E-state index in [1.165, 1.54) is 19.2 Å². The zero-order chi connectivity index (χ0) is 16.5. The van der Waals surface area contributed by atoms with Gasteiger partial charge in [0, 0.05) is 19.0 Å². The second kappa shape index (κ2) is 9.54. The number of hydrogen-bond donors (Lipinski definition) is 2. The number of carboxylic acid groups (broad SMARTS) is 1. The summed E-state index contributed by atoms with van der Waals surface area (Å²) in [4.78, 5) is 22.5. The fraction of sp³-hybridized carbons (Fsp3) is 0.467. The summed E-state index contributed by atoms with van der Waals surface area (Å²) in [6, 6.07) is 2.98. The van der Waals surface area contributed by atoms with Gasteiger partial charge in [-0.2, -0.15) is 0 Å². The molecule has 7 heteroatoms. The van der Waals surface area contributed by atoms with Gasteiger partial charge in [0.2, 0.25) is 0 Å². The molecule has 0 saturated carbocycles. The number of halogens is 2. The molecule has 0 aliphatic carbocycles. The third kappa shape index (κ3) is 6.12. The lowest BCUT2D eigenvalue weighted by atomic mass is 10.1. The minimum Gasteiger partial charge on any atom is -0.496 e. The zero-order valence-corrected chi connectivity index (χ0v) is 13.8. The lowest BCUT2D eigenvalue weighted by Gasteiger charge is -2.10. The summed E-state index contributed by atoms with van der Waals surface area (Å²) in [6.07, 6.45) is 3.33. The number of nitrogens with one attached hydrogen (secondary N) is 1. The highest BCUT2D eigenvalue weighted by atomic mass is 35.5. The molecule has 1 amide bonds. The molecule has 0 atom stereocenters. The van der Waals surface area contributed by atoms with Crippen molar-refractivity contribution in [1.29, 1.82) is 0 Å². The number of rotatable bonds is 9. The van der Waals surface area contributed by atoms with Crippen molar-refractivity contribution in [2.75, 3.05) is 13.7 Å². The van der Waals surface area contributed by atoms with Gasteiger partial charge in [-0.1, -0.05) is 36.0 Å². The van der Waals surface area contributed by atoms with Gasteiger partial charge >= 0.3 is 5.97 Å². The molecule has 1 aromatic carbocycles. The van der Waals surface area contributed by atoms with Crippen molar-refractivity contribution in [2.45, 2.75) is 32.1 Å². The smallest absolute Gasteiger partial charge is 0.303 e. The number of ether oxygens (including phenoxy) is 1. The Morgan fingerprint density at radius 2 is 1.77 bits per heavy atom. The minimum atomic E-state index is -0.778. The summed E-state index contributed by atoms with van der Waals surface area (Å²) in [5.74, 6) is -0.686. The van der Waals surface area contributed by atoms with Crippen molar-refractivity contribution in [2.24, 2.45) is 0 Å². The highest BCUT2D eigenvalue weighted by molar-refractivity contribution is 6.42. The van der Waals surface area contributed by atoms with Crippen LogP contribution in [0.15, 0.2) is 12.1 Å². The maximum Gasteiger partial charge on any atom is 0.303 e. The maximum atomic E-state index is 12.1. The van der Waals surface area contributed by atoms with E-state index in [1.807, 2.05) is 0 Å². The number of hydrogen-bond acceptors (Lipinski definition) is 3. The summed E-state index contributed by atoms with van der Waals surface area (Å²) < 4.78 is 5.12. The molecule has 0 fully saturated rings. The average Bonchev–Trinajstić information content (AvgIpc) is 2.48. The third-order valence-electron chi connectivity index (χ3n) is 3.09. The molecule has 5 nitrogen and oxygen atoms in total. The first-order valence-corrected chi connectivity index (χ1v) is 7.74. The van der Waals surface area contributed by atoms with Crippen LogP contribution in [0.25, 0.3) is 0 Å². The predicted molar refractivity (Wildman–Crippen MR) is 86.1 cm³/mol. The van der Waals surface area contributed by atoms with Gasteiger partial charge in [0.15, 0.2) is 0 Å². The monoisotopic (exact) mass is 347 g/mol. The quantitative estimate of drug-likeness (QED) is 0.666. The van der Waals surface area contributed by atoms with Crippen LogP contribution < -0.4 is 10.1 Å². The Balaban J connectivity index is 2.40. The summed E-state index contributed by atoms with van der Waals surface area (Å²) in [6.45, 7) is 0.509. The summed E-state index contributed by atoms with van der Waals surface area (Å²) in [7, 11) is 1.46. The van der Waals surface area contributed by atoms with Gasteiger partial charge < -0.3 is 15.2 Å². The largest absolute Gasteiger partial charge is 0.496 e. The van der Waals surface area contributed by atoms with E-state index in [9.17, 15) is 9.59 Å². The highest BCUT2D eigenvalue weighted by Crippen LogP contribution is 2.30. The van der Waals surface area contributed by atoms with E-state index in [-0.39, 0.29) is 12.3 Å². The van der Waals surface area contributed by atoms with Gasteiger partial charge in [-0.15, -0.1) is 0 Å². The van der Waals surface area contributed by atoms with Crippen LogP contribution >= 0.6 is 23.2 Å². The SMILES string of the molecule is COc1cc(Cl)c(Cl)cc1C(=O)NCCCCCCC(=O)O. The molecule has 1 aromatic rings.